The van der Waals surface area contributed by atoms with Crippen LogP contribution in [0.1, 0.15) is 24.0 Å². The molecule has 9 nitrogen and oxygen atoms in total. The molecular weight excluding hydrogens is 575 g/mol. The van der Waals surface area contributed by atoms with Gasteiger partial charge in [-0.2, -0.15) is 0 Å². The molecule has 222 valence electrons. The number of carbonyl (C=O) groups excluding carboxylic acids is 3. The Morgan fingerprint density at radius 3 is 2.17 bits per heavy atom. The van der Waals surface area contributed by atoms with E-state index in [1.165, 1.54) is 23.1 Å². The number of amides is 2. The Labute approximate surface area is 240 Å². The number of ketones is 1. The van der Waals surface area contributed by atoms with E-state index in [4.69, 9.17) is 5.14 Å². The van der Waals surface area contributed by atoms with Crippen LogP contribution in [-0.4, -0.2) is 44.3 Å². The SMILES string of the molecule is CN(Cc1ccc(-c2ccccc2S(N)(=O)=O)cc1)C(=O)[C@@H]1CC(=O)C[C@H]1C(=O)NCc1ccc(OC(F)(F)F)cc1. The van der Waals surface area contributed by atoms with E-state index < -0.39 is 39.9 Å². The Hall–Kier alpha value is -4.23. The molecule has 13 heteroatoms. The average Bonchev–Trinajstić information content (AvgIpc) is 3.32. The van der Waals surface area contributed by atoms with Crippen LogP contribution in [0.5, 0.6) is 5.75 Å². The van der Waals surface area contributed by atoms with Gasteiger partial charge in [-0.15, -0.1) is 13.2 Å². The Morgan fingerprint density at radius 1 is 0.952 bits per heavy atom. The van der Waals surface area contributed by atoms with Crippen molar-refractivity contribution < 1.29 is 40.7 Å². The molecule has 2 amide bonds. The second kappa shape index (κ2) is 12.3. The summed E-state index contributed by atoms with van der Waals surface area (Å²) in [5.41, 5.74) is 2.32. The van der Waals surface area contributed by atoms with E-state index in [1.54, 1.807) is 49.5 Å². The number of Topliss-reactive ketones (excluding diaryl/α,β-unsaturated/α-hetero) is 1. The molecule has 3 N–H and O–H groups in total. The van der Waals surface area contributed by atoms with Gasteiger partial charge in [-0.05, 0) is 34.9 Å². The van der Waals surface area contributed by atoms with Crippen molar-refractivity contribution in [2.24, 2.45) is 17.0 Å². The number of halogens is 3. The van der Waals surface area contributed by atoms with E-state index in [-0.39, 0.29) is 42.5 Å². The first-order chi connectivity index (χ1) is 19.7. The van der Waals surface area contributed by atoms with Crippen molar-refractivity contribution in [2.75, 3.05) is 7.05 Å². The van der Waals surface area contributed by atoms with Crippen molar-refractivity contribution in [1.29, 1.82) is 0 Å². The highest BCUT2D eigenvalue weighted by atomic mass is 32.2. The Kier molecular flexibility index (Phi) is 9.02. The Balaban J connectivity index is 1.38. The molecule has 3 aromatic carbocycles. The number of nitrogens with one attached hydrogen (secondary N) is 1. The van der Waals surface area contributed by atoms with Crippen LogP contribution in [0.3, 0.4) is 0 Å². The molecule has 2 atom stereocenters. The molecule has 1 fully saturated rings. The van der Waals surface area contributed by atoms with Crippen LogP contribution in [0.2, 0.25) is 0 Å². The van der Waals surface area contributed by atoms with Crippen LogP contribution in [0.4, 0.5) is 13.2 Å². The molecule has 1 aliphatic carbocycles. The van der Waals surface area contributed by atoms with Crippen molar-refractivity contribution >= 4 is 27.6 Å². The molecule has 0 bridgehead atoms. The van der Waals surface area contributed by atoms with E-state index >= 15 is 0 Å². The lowest BCUT2D eigenvalue weighted by atomic mass is 9.93. The van der Waals surface area contributed by atoms with Gasteiger partial charge in [-0.25, -0.2) is 13.6 Å². The smallest absolute Gasteiger partial charge is 0.406 e. The molecule has 42 heavy (non-hydrogen) atoms. The van der Waals surface area contributed by atoms with Crippen LogP contribution in [0.15, 0.2) is 77.7 Å². The lowest BCUT2D eigenvalue weighted by molar-refractivity contribution is -0.274. The molecular formula is C29H28F3N3O6S. The molecule has 0 aliphatic heterocycles. The first-order valence-electron chi connectivity index (χ1n) is 12.8. The third-order valence-electron chi connectivity index (χ3n) is 6.91. The largest absolute Gasteiger partial charge is 0.573 e. The van der Waals surface area contributed by atoms with E-state index in [0.29, 0.717) is 16.7 Å². The minimum Gasteiger partial charge on any atom is -0.406 e. The average molecular weight is 604 g/mol. The second-order valence-electron chi connectivity index (χ2n) is 10.0. The standard InChI is InChI=1S/C29H28F3N3O6S/c1-35(17-19-6-10-20(11-7-19)23-4-2-3-5-26(23)42(33,39)40)28(38)25-15-21(36)14-24(25)27(37)34-16-18-8-12-22(13-9-18)41-29(30,31)32/h2-13,24-25H,14-17H2,1H3,(H,34,37)(H2,33,39,40)/t24-,25-/m1/s1. The van der Waals surface area contributed by atoms with Crippen molar-refractivity contribution in [3.63, 3.8) is 0 Å². The maximum atomic E-state index is 13.3. The molecule has 1 saturated carbocycles. The van der Waals surface area contributed by atoms with E-state index in [2.05, 4.69) is 10.1 Å². The summed E-state index contributed by atoms with van der Waals surface area (Å²) in [7, 11) is -2.37. The fourth-order valence-corrected chi connectivity index (χ4v) is 5.66. The predicted molar refractivity (Wildman–Crippen MR) is 146 cm³/mol. The van der Waals surface area contributed by atoms with Gasteiger partial charge in [0.2, 0.25) is 21.8 Å². The number of alkyl halides is 3. The summed E-state index contributed by atoms with van der Waals surface area (Å²) in [5, 5.41) is 8.00. The highest BCUT2D eigenvalue weighted by Crippen LogP contribution is 2.32. The van der Waals surface area contributed by atoms with Crippen molar-refractivity contribution in [3.05, 3.63) is 83.9 Å². The third kappa shape index (κ3) is 7.74. The van der Waals surface area contributed by atoms with Crippen molar-refractivity contribution in [1.82, 2.24) is 10.2 Å². The van der Waals surface area contributed by atoms with E-state index in [9.17, 15) is 36.0 Å². The maximum Gasteiger partial charge on any atom is 0.573 e. The highest BCUT2D eigenvalue weighted by molar-refractivity contribution is 7.89. The number of benzene rings is 3. The summed E-state index contributed by atoms with van der Waals surface area (Å²) in [6.07, 6.45) is -4.98. The zero-order valence-electron chi connectivity index (χ0n) is 22.4. The van der Waals surface area contributed by atoms with E-state index in [0.717, 1.165) is 17.7 Å². The van der Waals surface area contributed by atoms with Crippen LogP contribution in [-0.2, 0) is 37.5 Å². The number of sulfonamides is 1. The molecule has 0 saturated heterocycles. The monoisotopic (exact) mass is 603 g/mol. The second-order valence-corrected chi connectivity index (χ2v) is 11.5. The number of rotatable bonds is 9. The minimum atomic E-state index is -4.81. The van der Waals surface area contributed by atoms with Gasteiger partial charge in [0.05, 0.1) is 16.7 Å². The van der Waals surface area contributed by atoms with Crippen LogP contribution in [0, 0.1) is 11.8 Å². The van der Waals surface area contributed by atoms with Gasteiger partial charge in [0.25, 0.3) is 0 Å². The molecule has 0 heterocycles. The lowest BCUT2D eigenvalue weighted by Crippen LogP contribution is -2.40. The number of carbonyl (C=O) groups is 3. The molecule has 3 aromatic rings. The fourth-order valence-electron chi connectivity index (χ4n) is 4.90. The topological polar surface area (TPSA) is 136 Å². The Bertz CT molecular complexity index is 1580. The first-order valence-corrected chi connectivity index (χ1v) is 14.4. The summed E-state index contributed by atoms with van der Waals surface area (Å²) in [5.74, 6) is -3.22. The van der Waals surface area contributed by atoms with Gasteiger partial charge in [-0.3, -0.25) is 14.4 Å². The lowest BCUT2D eigenvalue weighted by Gasteiger charge is -2.24. The van der Waals surface area contributed by atoms with Crippen LogP contribution < -0.4 is 15.2 Å². The fraction of sp³-hybridized carbons (Fsp3) is 0.276. The van der Waals surface area contributed by atoms with Gasteiger partial charge >= 0.3 is 6.36 Å². The minimum absolute atomic E-state index is 0.00644. The zero-order chi connectivity index (χ0) is 30.7. The molecule has 0 spiro atoms. The van der Waals surface area contributed by atoms with Crippen LogP contribution in [0.25, 0.3) is 11.1 Å². The first kappa shape index (κ1) is 30.7. The molecule has 1 aliphatic rings. The summed E-state index contributed by atoms with van der Waals surface area (Å²) in [6.45, 7) is 0.175. The zero-order valence-corrected chi connectivity index (χ0v) is 23.2. The quantitative estimate of drug-likeness (QED) is 0.382. The number of hydrogen-bond acceptors (Lipinski definition) is 6. The van der Waals surface area contributed by atoms with Gasteiger partial charge in [0.15, 0.2) is 0 Å². The van der Waals surface area contributed by atoms with Crippen molar-refractivity contribution in [3.8, 4) is 16.9 Å². The van der Waals surface area contributed by atoms with E-state index in [1.807, 2.05) is 0 Å². The Morgan fingerprint density at radius 2 is 1.55 bits per heavy atom. The van der Waals surface area contributed by atoms with Gasteiger partial charge in [0.1, 0.15) is 11.5 Å². The normalized spacial score (nSPS) is 17.1. The number of nitrogens with zero attached hydrogens (tertiary/aromatic N) is 1. The number of nitrogens with two attached hydrogens (primary N) is 1. The molecule has 0 aromatic heterocycles. The van der Waals surface area contributed by atoms with Gasteiger partial charge < -0.3 is 15.0 Å². The third-order valence-corrected chi connectivity index (χ3v) is 7.88. The highest BCUT2D eigenvalue weighted by Gasteiger charge is 2.43. The summed E-state index contributed by atoms with van der Waals surface area (Å²) >= 11 is 0. The summed E-state index contributed by atoms with van der Waals surface area (Å²) in [4.78, 5) is 39.9. The van der Waals surface area contributed by atoms with Gasteiger partial charge in [0, 0.05) is 38.5 Å². The summed E-state index contributed by atoms with van der Waals surface area (Å²) < 4.78 is 64.8. The molecule has 0 radical (unpaired) electrons. The van der Waals surface area contributed by atoms with Crippen LogP contribution >= 0.6 is 0 Å². The van der Waals surface area contributed by atoms with Crippen molar-refractivity contribution in [2.45, 2.75) is 37.2 Å². The predicted octanol–water partition coefficient (Wildman–Crippen LogP) is 3.77. The number of hydrogen-bond donors (Lipinski definition) is 2. The summed E-state index contributed by atoms with van der Waals surface area (Å²) in [6, 6.07) is 18.3. The number of primary sulfonamides is 1. The van der Waals surface area contributed by atoms with Gasteiger partial charge in [-0.1, -0.05) is 54.6 Å². The maximum absolute atomic E-state index is 13.3. The molecule has 0 unspecified atom stereocenters. The molecule has 4 rings (SSSR count). The number of ether oxygens (including phenoxy) is 1.